The second kappa shape index (κ2) is 20.0. The standard InChI is InChI=1S/C77H64F2N2O/c1-49-29-41-68(64(43-49)51-19-11-9-12-20-51)80(59-35-31-53(32-36-59)75(3,4)5)61-39-40-62-66(47-61)77(55-23-17-25-57(78)45-55,56-24-18-26-58(79)46-56)67-48-70(73-63-27-15-16-28-71(63)82-74(73)72(62)67)81(60-37-33-54(34-38-60)76(6,7)8)69-42-30-50(2)44-65(69)52-21-13-10-14-22-52/h9-48H,1-8H3. The third-order valence-corrected chi connectivity index (χ3v) is 16.7. The number of anilines is 6. The van der Waals surface area contributed by atoms with E-state index in [1.807, 2.05) is 30.3 Å². The van der Waals surface area contributed by atoms with E-state index in [0.717, 1.165) is 106 Å². The number of hydrogen-bond donors (Lipinski definition) is 0. The minimum atomic E-state index is -1.32. The number of halogens is 2. The molecule has 1 heterocycles. The van der Waals surface area contributed by atoms with E-state index < -0.39 is 17.0 Å². The molecule has 0 bridgehead atoms. The molecule has 3 nitrogen and oxygen atoms in total. The van der Waals surface area contributed by atoms with Gasteiger partial charge in [0.1, 0.15) is 22.8 Å². The molecule has 0 radical (unpaired) electrons. The van der Waals surface area contributed by atoms with Crippen LogP contribution in [0.5, 0.6) is 0 Å². The molecule has 0 fully saturated rings. The molecule has 0 amide bonds. The highest BCUT2D eigenvalue weighted by atomic mass is 19.1. The molecular weight excluding hydrogens is 1010 g/mol. The van der Waals surface area contributed by atoms with Crippen LogP contribution in [0.3, 0.4) is 0 Å². The van der Waals surface area contributed by atoms with Crippen LogP contribution in [0.1, 0.15) is 86.1 Å². The van der Waals surface area contributed by atoms with Crippen LogP contribution in [0.2, 0.25) is 0 Å². The molecular formula is C77H64F2N2O. The Labute approximate surface area is 480 Å². The van der Waals surface area contributed by atoms with Crippen molar-refractivity contribution in [3.63, 3.8) is 0 Å². The van der Waals surface area contributed by atoms with Gasteiger partial charge < -0.3 is 14.2 Å². The van der Waals surface area contributed by atoms with Crippen molar-refractivity contribution in [3.05, 3.63) is 299 Å². The SMILES string of the molecule is Cc1ccc(N(c2ccc(C(C)(C)C)cc2)c2ccc3c(c2)C(c2cccc(F)c2)(c2cccc(F)c2)c2cc(N(c4ccc(C(C)(C)C)cc4)c4ccc(C)cc4-c4ccccc4)c4c(oc5ccccc54)c2-3)c(-c2ccccc2)c1. The predicted molar refractivity (Wildman–Crippen MR) is 338 cm³/mol. The summed E-state index contributed by atoms with van der Waals surface area (Å²) in [6.07, 6.45) is 0. The fourth-order valence-electron chi connectivity index (χ4n) is 12.6. The molecule has 0 N–H and O–H groups in total. The number of hydrogen-bond acceptors (Lipinski definition) is 3. The number of para-hydroxylation sites is 1. The van der Waals surface area contributed by atoms with Crippen LogP contribution in [0.4, 0.5) is 42.9 Å². The summed E-state index contributed by atoms with van der Waals surface area (Å²) in [6, 6.07) is 83.2. The Hall–Kier alpha value is -9.32. The Morgan fingerprint density at radius 3 is 1.40 bits per heavy atom. The average molecular weight is 1070 g/mol. The Bertz CT molecular complexity index is 4350. The highest BCUT2D eigenvalue weighted by Crippen LogP contribution is 2.62. The number of nitrogens with zero attached hydrogens (tertiary/aromatic N) is 2. The van der Waals surface area contributed by atoms with Crippen molar-refractivity contribution in [2.45, 2.75) is 71.6 Å². The Balaban J connectivity index is 1.18. The first-order valence-corrected chi connectivity index (χ1v) is 28.4. The lowest BCUT2D eigenvalue weighted by molar-refractivity contribution is 0.590. The highest BCUT2D eigenvalue weighted by molar-refractivity contribution is 6.20. The molecule has 5 heteroatoms. The van der Waals surface area contributed by atoms with Gasteiger partial charge in [-0.25, -0.2) is 8.78 Å². The van der Waals surface area contributed by atoms with Crippen LogP contribution in [0.25, 0.3) is 55.3 Å². The van der Waals surface area contributed by atoms with Gasteiger partial charge in [-0.05, 0) is 172 Å². The van der Waals surface area contributed by atoms with Gasteiger partial charge in [-0.2, -0.15) is 0 Å². The van der Waals surface area contributed by atoms with Crippen molar-refractivity contribution in [2.24, 2.45) is 0 Å². The van der Waals surface area contributed by atoms with Crippen LogP contribution in [-0.4, -0.2) is 0 Å². The highest BCUT2D eigenvalue weighted by Gasteiger charge is 2.49. The molecule has 13 rings (SSSR count). The van der Waals surface area contributed by atoms with Gasteiger partial charge in [-0.15, -0.1) is 0 Å². The number of aryl methyl sites for hydroxylation is 2. The normalized spacial score (nSPS) is 12.9. The number of rotatable bonds is 10. The number of fused-ring (bicyclic) bond motifs is 7. The first-order chi connectivity index (χ1) is 39.6. The number of furan rings is 1. The van der Waals surface area contributed by atoms with Crippen molar-refractivity contribution >= 4 is 56.1 Å². The molecule has 1 aromatic heterocycles. The van der Waals surface area contributed by atoms with Crippen molar-refractivity contribution in [3.8, 4) is 33.4 Å². The summed E-state index contributed by atoms with van der Waals surface area (Å²) < 4.78 is 40.6. The lowest BCUT2D eigenvalue weighted by atomic mass is 9.67. The molecule has 12 aromatic rings. The monoisotopic (exact) mass is 1070 g/mol. The zero-order valence-electron chi connectivity index (χ0n) is 47.7. The molecule has 0 atom stereocenters. The first-order valence-electron chi connectivity index (χ1n) is 28.4. The third kappa shape index (κ3) is 8.87. The van der Waals surface area contributed by atoms with Crippen molar-refractivity contribution in [1.29, 1.82) is 0 Å². The minimum Gasteiger partial charge on any atom is -0.455 e. The zero-order chi connectivity index (χ0) is 56.7. The van der Waals surface area contributed by atoms with Gasteiger partial charge in [0.2, 0.25) is 0 Å². The maximum Gasteiger partial charge on any atom is 0.145 e. The quantitative estimate of drug-likeness (QED) is 0.136. The molecule has 11 aromatic carbocycles. The molecule has 402 valence electrons. The summed E-state index contributed by atoms with van der Waals surface area (Å²) in [4.78, 5) is 4.72. The van der Waals surface area contributed by atoms with Gasteiger partial charge in [0.05, 0.1) is 27.9 Å². The van der Waals surface area contributed by atoms with Crippen molar-refractivity contribution < 1.29 is 13.2 Å². The van der Waals surface area contributed by atoms with E-state index in [1.165, 1.54) is 23.3 Å². The fraction of sp³-hybridized carbons (Fsp3) is 0.143. The summed E-state index contributed by atoms with van der Waals surface area (Å²) in [5.41, 5.74) is 19.3. The lowest BCUT2D eigenvalue weighted by Gasteiger charge is -2.36. The second-order valence-corrected chi connectivity index (χ2v) is 24.2. The van der Waals surface area contributed by atoms with Gasteiger partial charge in [0.25, 0.3) is 0 Å². The number of benzene rings is 11. The molecule has 0 unspecified atom stereocenters. The van der Waals surface area contributed by atoms with Crippen molar-refractivity contribution in [2.75, 3.05) is 9.80 Å². The van der Waals surface area contributed by atoms with E-state index >= 15 is 8.78 Å². The molecule has 0 aliphatic heterocycles. The maximum atomic E-state index is 16.6. The van der Waals surface area contributed by atoms with E-state index in [2.05, 4.69) is 241 Å². The average Bonchev–Trinajstić information content (AvgIpc) is 2.09. The first kappa shape index (κ1) is 52.1. The van der Waals surface area contributed by atoms with E-state index in [-0.39, 0.29) is 10.8 Å². The van der Waals surface area contributed by atoms with Gasteiger partial charge in [-0.3, -0.25) is 0 Å². The molecule has 82 heavy (non-hydrogen) atoms. The second-order valence-electron chi connectivity index (χ2n) is 24.2. The van der Waals surface area contributed by atoms with E-state index in [4.69, 9.17) is 4.42 Å². The van der Waals surface area contributed by atoms with E-state index in [9.17, 15) is 0 Å². The lowest BCUT2D eigenvalue weighted by Crippen LogP contribution is -2.29. The van der Waals surface area contributed by atoms with Crippen LogP contribution < -0.4 is 9.80 Å². The topological polar surface area (TPSA) is 19.6 Å². The summed E-state index contributed by atoms with van der Waals surface area (Å²) in [7, 11) is 0. The van der Waals surface area contributed by atoms with Crippen LogP contribution in [-0.2, 0) is 16.2 Å². The molecule has 0 spiro atoms. The van der Waals surface area contributed by atoms with E-state index in [1.54, 1.807) is 24.3 Å². The summed E-state index contributed by atoms with van der Waals surface area (Å²) in [5.74, 6) is -0.796. The summed E-state index contributed by atoms with van der Waals surface area (Å²) >= 11 is 0. The molecule has 1 aliphatic carbocycles. The predicted octanol–water partition coefficient (Wildman–Crippen LogP) is 21.7. The minimum absolute atomic E-state index is 0.0772. The van der Waals surface area contributed by atoms with Gasteiger partial charge in [-0.1, -0.05) is 198 Å². The maximum absolute atomic E-state index is 16.6. The van der Waals surface area contributed by atoms with Gasteiger partial charge in [0.15, 0.2) is 0 Å². The third-order valence-electron chi connectivity index (χ3n) is 16.7. The van der Waals surface area contributed by atoms with Crippen molar-refractivity contribution in [1.82, 2.24) is 0 Å². The molecule has 1 aliphatic rings. The fourth-order valence-corrected chi connectivity index (χ4v) is 12.6. The zero-order valence-corrected chi connectivity index (χ0v) is 47.7. The van der Waals surface area contributed by atoms with Crippen LogP contribution >= 0.6 is 0 Å². The van der Waals surface area contributed by atoms with Crippen LogP contribution in [0, 0.1) is 25.5 Å². The van der Waals surface area contributed by atoms with Crippen LogP contribution in [0.15, 0.2) is 247 Å². The van der Waals surface area contributed by atoms with Gasteiger partial charge >= 0.3 is 0 Å². The van der Waals surface area contributed by atoms with Gasteiger partial charge in [0, 0.05) is 39.1 Å². The van der Waals surface area contributed by atoms with E-state index in [0.29, 0.717) is 16.7 Å². The smallest absolute Gasteiger partial charge is 0.145 e. The summed E-state index contributed by atoms with van der Waals surface area (Å²) in [5, 5.41) is 1.87. The summed E-state index contributed by atoms with van der Waals surface area (Å²) in [6.45, 7) is 17.7. The molecule has 0 saturated heterocycles. The molecule has 0 saturated carbocycles. The Morgan fingerprint density at radius 2 is 0.878 bits per heavy atom. The Morgan fingerprint density at radius 1 is 0.390 bits per heavy atom. The Kier molecular flexibility index (Phi) is 12.7. The largest absolute Gasteiger partial charge is 0.455 e.